The maximum absolute atomic E-state index is 12.8. The molecule has 1 fully saturated rings. The number of carbonyl (C=O) groups is 1. The molecule has 1 aliphatic rings. The third-order valence-electron chi connectivity index (χ3n) is 3.71. The largest absolute Gasteiger partial charge is 0.417 e. The number of ether oxygens (including phenoxy) is 1. The number of anilines is 1. The molecule has 0 saturated carbocycles. The van der Waals surface area contributed by atoms with Crippen LogP contribution >= 0.6 is 11.6 Å². The third kappa shape index (κ3) is 5.36. The molecule has 0 aromatic heterocycles. The average molecular weight is 365 g/mol. The molecule has 0 spiro atoms. The summed E-state index contributed by atoms with van der Waals surface area (Å²) in [5, 5.41) is 2.10. The second-order valence-electron chi connectivity index (χ2n) is 6.01. The standard InChI is InChI=1S/C16H20ClF3N2O2/c1-10-8-22(9-11(2)24-10)6-5-15(23)21-12-3-4-14(17)13(7-12)16(18,19)20/h3-4,7,10-11H,5-6,8-9H2,1-2H3,(H,21,23)/t10-,11+. The van der Waals surface area contributed by atoms with Crippen LogP contribution in [0.15, 0.2) is 18.2 Å². The van der Waals surface area contributed by atoms with Crippen LogP contribution in [0.1, 0.15) is 25.8 Å². The van der Waals surface area contributed by atoms with E-state index < -0.39 is 16.8 Å². The van der Waals surface area contributed by atoms with E-state index >= 15 is 0 Å². The smallest absolute Gasteiger partial charge is 0.373 e. The number of hydrogen-bond acceptors (Lipinski definition) is 3. The van der Waals surface area contributed by atoms with Crippen LogP contribution in [0.4, 0.5) is 18.9 Å². The van der Waals surface area contributed by atoms with Crippen molar-refractivity contribution in [2.75, 3.05) is 25.0 Å². The number of hydrogen-bond donors (Lipinski definition) is 1. The monoisotopic (exact) mass is 364 g/mol. The number of rotatable bonds is 4. The lowest BCUT2D eigenvalue weighted by atomic mass is 10.2. The lowest BCUT2D eigenvalue weighted by Gasteiger charge is -2.35. The lowest BCUT2D eigenvalue weighted by Crippen LogP contribution is -2.46. The fourth-order valence-electron chi connectivity index (χ4n) is 2.77. The van der Waals surface area contributed by atoms with Crippen molar-refractivity contribution in [3.63, 3.8) is 0 Å². The highest BCUT2D eigenvalue weighted by Crippen LogP contribution is 2.36. The number of benzene rings is 1. The zero-order valence-electron chi connectivity index (χ0n) is 13.5. The Bertz CT molecular complexity index is 585. The molecule has 8 heteroatoms. The Kier molecular flexibility index (Phi) is 6.11. The van der Waals surface area contributed by atoms with Crippen molar-refractivity contribution in [3.8, 4) is 0 Å². The van der Waals surface area contributed by atoms with E-state index in [1.807, 2.05) is 13.8 Å². The summed E-state index contributed by atoms with van der Waals surface area (Å²) in [6, 6.07) is 3.33. The molecule has 2 atom stereocenters. The summed E-state index contributed by atoms with van der Waals surface area (Å²) >= 11 is 5.56. The lowest BCUT2D eigenvalue weighted by molar-refractivity contribution is -0.137. The summed E-state index contributed by atoms with van der Waals surface area (Å²) in [4.78, 5) is 14.1. The predicted octanol–water partition coefficient (Wildman–Crippen LogP) is 3.80. The number of alkyl halides is 3. The second kappa shape index (κ2) is 7.72. The Labute approximate surface area is 143 Å². The molecule has 1 saturated heterocycles. The molecule has 1 aliphatic heterocycles. The molecule has 0 unspecified atom stereocenters. The van der Waals surface area contributed by atoms with Crippen LogP contribution < -0.4 is 5.32 Å². The number of halogens is 4. The Morgan fingerprint density at radius 2 is 1.96 bits per heavy atom. The molecule has 1 N–H and O–H groups in total. The molecule has 0 radical (unpaired) electrons. The van der Waals surface area contributed by atoms with E-state index in [0.29, 0.717) is 6.54 Å². The SMILES string of the molecule is C[C@@H]1CN(CCC(=O)Nc2ccc(Cl)c(C(F)(F)F)c2)C[C@H](C)O1. The van der Waals surface area contributed by atoms with Gasteiger partial charge in [-0.1, -0.05) is 11.6 Å². The van der Waals surface area contributed by atoms with Gasteiger partial charge in [0.25, 0.3) is 0 Å². The number of amides is 1. The van der Waals surface area contributed by atoms with Gasteiger partial charge in [0.2, 0.25) is 5.91 Å². The quantitative estimate of drug-likeness (QED) is 0.883. The number of nitrogens with zero attached hydrogens (tertiary/aromatic N) is 1. The topological polar surface area (TPSA) is 41.6 Å². The number of nitrogens with one attached hydrogen (secondary N) is 1. The Balaban J connectivity index is 1.91. The van der Waals surface area contributed by atoms with E-state index in [1.54, 1.807) is 0 Å². The number of carbonyl (C=O) groups excluding carboxylic acids is 1. The first kappa shape index (κ1) is 19.0. The zero-order chi connectivity index (χ0) is 17.9. The molecule has 24 heavy (non-hydrogen) atoms. The van der Waals surface area contributed by atoms with Crippen molar-refractivity contribution in [3.05, 3.63) is 28.8 Å². The van der Waals surface area contributed by atoms with Crippen molar-refractivity contribution in [2.45, 2.75) is 38.7 Å². The van der Waals surface area contributed by atoms with Crippen molar-refractivity contribution in [1.82, 2.24) is 4.90 Å². The fraction of sp³-hybridized carbons (Fsp3) is 0.562. The average Bonchev–Trinajstić information content (AvgIpc) is 2.45. The first-order chi connectivity index (χ1) is 11.1. The molecule has 134 valence electrons. The molecular formula is C16H20ClF3N2O2. The van der Waals surface area contributed by atoms with E-state index in [0.717, 1.165) is 25.2 Å². The molecule has 0 bridgehead atoms. The van der Waals surface area contributed by atoms with Gasteiger partial charge in [-0.3, -0.25) is 9.69 Å². The van der Waals surface area contributed by atoms with E-state index in [-0.39, 0.29) is 30.2 Å². The van der Waals surface area contributed by atoms with Gasteiger partial charge in [0.15, 0.2) is 0 Å². The fourth-order valence-corrected chi connectivity index (χ4v) is 3.00. The van der Waals surface area contributed by atoms with Gasteiger partial charge in [0, 0.05) is 31.7 Å². The molecule has 1 heterocycles. The van der Waals surface area contributed by atoms with Gasteiger partial charge >= 0.3 is 6.18 Å². The molecule has 0 aliphatic carbocycles. The highest BCUT2D eigenvalue weighted by molar-refractivity contribution is 6.31. The molecule has 1 aromatic carbocycles. The summed E-state index contributed by atoms with van der Waals surface area (Å²) in [5.74, 6) is -0.336. The second-order valence-corrected chi connectivity index (χ2v) is 6.41. The van der Waals surface area contributed by atoms with Crippen LogP contribution in [0.3, 0.4) is 0 Å². The summed E-state index contributed by atoms with van der Waals surface area (Å²) in [6.45, 7) is 5.93. The molecule has 4 nitrogen and oxygen atoms in total. The van der Waals surface area contributed by atoms with Gasteiger partial charge < -0.3 is 10.1 Å². The van der Waals surface area contributed by atoms with Gasteiger partial charge in [-0.05, 0) is 32.0 Å². The number of morpholine rings is 1. The van der Waals surface area contributed by atoms with Crippen molar-refractivity contribution in [1.29, 1.82) is 0 Å². The van der Waals surface area contributed by atoms with Crippen molar-refractivity contribution >= 4 is 23.2 Å². The van der Waals surface area contributed by atoms with Gasteiger partial charge in [0.1, 0.15) is 0 Å². The van der Waals surface area contributed by atoms with Gasteiger partial charge in [-0.2, -0.15) is 13.2 Å². The van der Waals surface area contributed by atoms with Crippen molar-refractivity contribution < 1.29 is 22.7 Å². The Morgan fingerprint density at radius 1 is 1.33 bits per heavy atom. The Hall–Kier alpha value is -1.31. The van der Waals surface area contributed by atoms with Crippen LogP contribution in [0.5, 0.6) is 0 Å². The van der Waals surface area contributed by atoms with Gasteiger partial charge in [-0.25, -0.2) is 0 Å². The van der Waals surface area contributed by atoms with Crippen LogP contribution in [-0.2, 0) is 15.7 Å². The molecule has 2 rings (SSSR count). The van der Waals surface area contributed by atoms with E-state index in [4.69, 9.17) is 16.3 Å². The Morgan fingerprint density at radius 3 is 2.54 bits per heavy atom. The van der Waals surface area contributed by atoms with E-state index in [2.05, 4.69) is 10.2 Å². The highest BCUT2D eigenvalue weighted by atomic mass is 35.5. The maximum atomic E-state index is 12.8. The summed E-state index contributed by atoms with van der Waals surface area (Å²) < 4.78 is 44.1. The van der Waals surface area contributed by atoms with Crippen LogP contribution in [0, 0.1) is 0 Å². The summed E-state index contributed by atoms with van der Waals surface area (Å²) in [5.41, 5.74) is -0.877. The van der Waals surface area contributed by atoms with E-state index in [9.17, 15) is 18.0 Å². The van der Waals surface area contributed by atoms with E-state index in [1.165, 1.54) is 6.07 Å². The highest BCUT2D eigenvalue weighted by Gasteiger charge is 2.33. The van der Waals surface area contributed by atoms with Gasteiger partial charge in [0.05, 0.1) is 22.8 Å². The minimum absolute atomic E-state index is 0.0837. The normalized spacial score (nSPS) is 22.4. The van der Waals surface area contributed by atoms with Crippen LogP contribution in [0.25, 0.3) is 0 Å². The van der Waals surface area contributed by atoms with Gasteiger partial charge in [-0.15, -0.1) is 0 Å². The van der Waals surface area contributed by atoms with Crippen LogP contribution in [-0.4, -0.2) is 42.6 Å². The molecule has 1 amide bonds. The minimum Gasteiger partial charge on any atom is -0.373 e. The molecule has 1 aromatic rings. The first-order valence-electron chi connectivity index (χ1n) is 7.69. The summed E-state index contributed by atoms with van der Waals surface area (Å²) in [7, 11) is 0. The predicted molar refractivity (Wildman–Crippen MR) is 86.1 cm³/mol. The van der Waals surface area contributed by atoms with Crippen LogP contribution in [0.2, 0.25) is 5.02 Å². The zero-order valence-corrected chi connectivity index (χ0v) is 14.2. The summed E-state index contributed by atoms with van der Waals surface area (Å²) in [6.07, 6.45) is -4.16. The maximum Gasteiger partial charge on any atom is 0.417 e. The third-order valence-corrected chi connectivity index (χ3v) is 4.04. The van der Waals surface area contributed by atoms with Crippen molar-refractivity contribution in [2.24, 2.45) is 0 Å². The minimum atomic E-state index is -4.56. The molecular weight excluding hydrogens is 345 g/mol. The first-order valence-corrected chi connectivity index (χ1v) is 8.07.